The van der Waals surface area contributed by atoms with E-state index in [0.29, 0.717) is 21.8 Å². The van der Waals surface area contributed by atoms with Gasteiger partial charge in [-0.15, -0.1) is 0 Å². The molecule has 5 nitrogen and oxygen atoms in total. The van der Waals surface area contributed by atoms with Crippen molar-refractivity contribution in [3.63, 3.8) is 0 Å². The van der Waals surface area contributed by atoms with Gasteiger partial charge in [0, 0.05) is 16.1 Å². The molecule has 1 N–H and O–H groups in total. The summed E-state index contributed by atoms with van der Waals surface area (Å²) in [6.45, 7) is 1.43. The van der Waals surface area contributed by atoms with Gasteiger partial charge in [-0.1, -0.05) is 59.6 Å². The average molecular weight is 408 g/mol. The Bertz CT molecular complexity index is 1050. The zero-order valence-electron chi connectivity index (χ0n) is 15.6. The van der Waals surface area contributed by atoms with Crippen molar-refractivity contribution in [1.82, 2.24) is 0 Å². The molecule has 0 aliphatic rings. The second kappa shape index (κ2) is 9.17. The maximum absolute atomic E-state index is 12.8. The van der Waals surface area contributed by atoms with Crippen LogP contribution in [0.4, 0.5) is 5.69 Å². The maximum Gasteiger partial charge on any atom is 0.338 e. The van der Waals surface area contributed by atoms with Crippen molar-refractivity contribution in [2.24, 2.45) is 0 Å². The van der Waals surface area contributed by atoms with Crippen molar-refractivity contribution in [3.05, 3.63) is 100 Å². The van der Waals surface area contributed by atoms with Crippen LogP contribution in [0.25, 0.3) is 0 Å². The van der Waals surface area contributed by atoms with Gasteiger partial charge in [0.25, 0.3) is 5.91 Å². The summed E-state index contributed by atoms with van der Waals surface area (Å²) in [7, 11) is 0. The lowest BCUT2D eigenvalue weighted by Gasteiger charge is -2.11. The number of aryl methyl sites for hydroxylation is 1. The highest BCUT2D eigenvalue weighted by molar-refractivity contribution is 6.31. The first-order valence-corrected chi connectivity index (χ1v) is 9.25. The Morgan fingerprint density at radius 1 is 0.897 bits per heavy atom. The van der Waals surface area contributed by atoms with E-state index in [0.717, 1.165) is 5.56 Å². The Morgan fingerprint density at radius 2 is 1.59 bits per heavy atom. The Morgan fingerprint density at radius 3 is 2.28 bits per heavy atom. The molecule has 29 heavy (non-hydrogen) atoms. The lowest BCUT2D eigenvalue weighted by molar-refractivity contribution is -0.119. The van der Waals surface area contributed by atoms with Gasteiger partial charge in [0.05, 0.1) is 11.3 Å². The zero-order valence-corrected chi connectivity index (χ0v) is 16.4. The number of rotatable bonds is 6. The van der Waals surface area contributed by atoms with E-state index in [-0.39, 0.29) is 11.3 Å². The van der Waals surface area contributed by atoms with Crippen LogP contribution < -0.4 is 5.32 Å². The first kappa shape index (κ1) is 20.3. The minimum atomic E-state index is -0.600. The second-order valence-corrected chi connectivity index (χ2v) is 6.81. The van der Waals surface area contributed by atoms with E-state index in [4.69, 9.17) is 16.3 Å². The lowest BCUT2D eigenvalue weighted by Crippen LogP contribution is -2.22. The number of ether oxygens (including phenoxy) is 1. The van der Waals surface area contributed by atoms with Gasteiger partial charge in [-0.05, 0) is 37.3 Å². The van der Waals surface area contributed by atoms with Crippen molar-refractivity contribution < 1.29 is 19.1 Å². The number of amides is 1. The molecule has 0 radical (unpaired) electrons. The predicted molar refractivity (Wildman–Crippen MR) is 111 cm³/mol. The van der Waals surface area contributed by atoms with Crippen molar-refractivity contribution in [3.8, 4) is 0 Å². The summed E-state index contributed by atoms with van der Waals surface area (Å²) in [5.74, 6) is -1.44. The highest BCUT2D eigenvalue weighted by Crippen LogP contribution is 2.23. The molecule has 0 fully saturated rings. The monoisotopic (exact) mass is 407 g/mol. The molecule has 0 aliphatic carbocycles. The fourth-order valence-corrected chi connectivity index (χ4v) is 2.82. The van der Waals surface area contributed by atoms with Crippen molar-refractivity contribution in [2.75, 3.05) is 11.9 Å². The molecule has 3 rings (SSSR count). The number of benzene rings is 3. The van der Waals surface area contributed by atoms with Crippen LogP contribution in [0.5, 0.6) is 0 Å². The fourth-order valence-electron chi connectivity index (χ4n) is 2.65. The third-order valence-corrected chi connectivity index (χ3v) is 4.39. The highest BCUT2D eigenvalue weighted by Gasteiger charge is 2.17. The quantitative estimate of drug-likeness (QED) is 0.476. The molecule has 0 saturated heterocycles. The molecule has 3 aromatic rings. The van der Waals surface area contributed by atoms with Crippen molar-refractivity contribution >= 4 is 34.9 Å². The summed E-state index contributed by atoms with van der Waals surface area (Å²) in [5, 5.41) is 2.98. The van der Waals surface area contributed by atoms with Crippen molar-refractivity contribution in [2.45, 2.75) is 6.92 Å². The van der Waals surface area contributed by atoms with Gasteiger partial charge in [0.2, 0.25) is 0 Å². The van der Waals surface area contributed by atoms with Gasteiger partial charge in [-0.3, -0.25) is 9.59 Å². The summed E-state index contributed by atoms with van der Waals surface area (Å²) in [6.07, 6.45) is 0. The minimum Gasteiger partial charge on any atom is -0.452 e. The molecule has 0 spiro atoms. The van der Waals surface area contributed by atoms with Crippen molar-refractivity contribution in [1.29, 1.82) is 0 Å². The number of nitrogens with one attached hydrogen (secondary N) is 1. The van der Waals surface area contributed by atoms with E-state index >= 15 is 0 Å². The summed E-state index contributed by atoms with van der Waals surface area (Å²) < 4.78 is 5.05. The molecule has 0 aromatic heterocycles. The number of ketones is 1. The summed E-state index contributed by atoms with van der Waals surface area (Å²) in [4.78, 5) is 37.1. The number of esters is 1. The summed E-state index contributed by atoms with van der Waals surface area (Å²) >= 11 is 6.03. The summed E-state index contributed by atoms with van der Waals surface area (Å²) in [6, 6.07) is 20.1. The van der Waals surface area contributed by atoms with Gasteiger partial charge in [0.1, 0.15) is 0 Å². The Labute approximate surface area is 173 Å². The SMILES string of the molecule is Cc1ccc(C(=O)OCC(=O)Nc2ccc(Cl)cc2C(=O)c2ccccc2)cc1. The molecule has 0 aliphatic heterocycles. The molecule has 3 aromatic carbocycles. The third kappa shape index (κ3) is 5.30. The van der Waals surface area contributed by atoms with Gasteiger partial charge >= 0.3 is 5.97 Å². The lowest BCUT2D eigenvalue weighted by atomic mass is 10.0. The third-order valence-electron chi connectivity index (χ3n) is 4.16. The molecule has 0 bridgehead atoms. The van der Waals surface area contributed by atoms with E-state index in [1.54, 1.807) is 60.7 Å². The van der Waals surface area contributed by atoms with Crippen LogP contribution in [0.2, 0.25) is 5.02 Å². The Balaban J connectivity index is 1.69. The second-order valence-electron chi connectivity index (χ2n) is 6.38. The van der Waals surface area contributed by atoms with Crippen LogP contribution in [-0.4, -0.2) is 24.3 Å². The van der Waals surface area contributed by atoms with Crippen LogP contribution in [-0.2, 0) is 9.53 Å². The van der Waals surface area contributed by atoms with Crippen LogP contribution in [0.3, 0.4) is 0 Å². The number of carbonyl (C=O) groups is 3. The molecule has 0 atom stereocenters. The van der Waals surface area contributed by atoms with Gasteiger partial charge in [-0.2, -0.15) is 0 Å². The molecule has 6 heteroatoms. The largest absolute Gasteiger partial charge is 0.452 e. The standard InChI is InChI=1S/C23H18ClNO4/c1-15-7-9-17(10-8-15)23(28)29-14-21(26)25-20-12-11-18(24)13-19(20)22(27)16-5-3-2-4-6-16/h2-13H,14H2,1H3,(H,25,26). The van der Waals surface area contributed by atoms with E-state index < -0.39 is 18.5 Å². The van der Waals surface area contributed by atoms with Crippen LogP contribution >= 0.6 is 11.6 Å². The van der Waals surface area contributed by atoms with E-state index in [1.807, 2.05) is 6.92 Å². The van der Waals surface area contributed by atoms with Gasteiger partial charge < -0.3 is 10.1 Å². The first-order chi connectivity index (χ1) is 13.9. The zero-order chi connectivity index (χ0) is 20.8. The Hall–Kier alpha value is -3.44. The molecule has 0 unspecified atom stereocenters. The van der Waals surface area contributed by atoms with E-state index in [1.165, 1.54) is 12.1 Å². The number of hydrogen-bond donors (Lipinski definition) is 1. The van der Waals surface area contributed by atoms with Gasteiger partial charge in [0.15, 0.2) is 12.4 Å². The highest BCUT2D eigenvalue weighted by atomic mass is 35.5. The van der Waals surface area contributed by atoms with Gasteiger partial charge in [-0.25, -0.2) is 4.79 Å². The smallest absolute Gasteiger partial charge is 0.338 e. The molecule has 0 saturated carbocycles. The normalized spacial score (nSPS) is 10.3. The fraction of sp³-hybridized carbons (Fsp3) is 0.0870. The average Bonchev–Trinajstić information content (AvgIpc) is 2.74. The molecular formula is C23H18ClNO4. The predicted octanol–water partition coefficient (Wildman–Crippen LogP) is 4.67. The van der Waals surface area contributed by atoms with Crippen LogP contribution in [0, 0.1) is 6.92 Å². The maximum atomic E-state index is 12.8. The number of anilines is 1. The van der Waals surface area contributed by atoms with E-state index in [9.17, 15) is 14.4 Å². The Kier molecular flexibility index (Phi) is 6.42. The number of halogens is 1. The van der Waals surface area contributed by atoms with Crippen LogP contribution in [0.15, 0.2) is 72.8 Å². The van der Waals surface area contributed by atoms with Crippen LogP contribution in [0.1, 0.15) is 31.8 Å². The molecular weight excluding hydrogens is 390 g/mol. The summed E-state index contributed by atoms with van der Waals surface area (Å²) in [5.41, 5.74) is 2.38. The number of hydrogen-bond acceptors (Lipinski definition) is 4. The van der Waals surface area contributed by atoms with E-state index in [2.05, 4.69) is 5.32 Å². The minimum absolute atomic E-state index is 0.252. The molecule has 1 amide bonds. The number of carbonyl (C=O) groups excluding carboxylic acids is 3. The topological polar surface area (TPSA) is 72.5 Å². The molecule has 146 valence electrons. The molecule has 0 heterocycles. The first-order valence-electron chi connectivity index (χ1n) is 8.87.